The van der Waals surface area contributed by atoms with Crippen LogP contribution in [0.25, 0.3) is 0 Å². The van der Waals surface area contributed by atoms with Gasteiger partial charge in [-0.3, -0.25) is 9.10 Å². The molecule has 0 aliphatic heterocycles. The monoisotopic (exact) mass is 494 g/mol. The zero-order chi connectivity index (χ0) is 21.0. The first-order valence-corrected chi connectivity index (χ1v) is 11.7. The van der Waals surface area contributed by atoms with Gasteiger partial charge in [-0.15, -0.1) is 11.3 Å². The molecule has 0 radical (unpaired) electrons. The van der Waals surface area contributed by atoms with E-state index in [0.717, 1.165) is 10.0 Å². The number of benzene rings is 2. The van der Waals surface area contributed by atoms with Gasteiger partial charge in [0, 0.05) is 17.2 Å². The number of rotatable bonds is 7. The Kier molecular flexibility index (Phi) is 6.61. The first kappa shape index (κ1) is 21.4. The van der Waals surface area contributed by atoms with Crippen molar-refractivity contribution in [3.63, 3.8) is 0 Å². The van der Waals surface area contributed by atoms with Crippen LogP contribution in [0.15, 0.2) is 68.7 Å². The van der Waals surface area contributed by atoms with Crippen LogP contribution in [-0.2, 0) is 14.8 Å². The van der Waals surface area contributed by atoms with Gasteiger partial charge in [-0.1, -0.05) is 22.0 Å². The largest absolute Gasteiger partial charge is 0.484 e. The molecule has 0 unspecified atom stereocenters. The molecular formula is C20H19BrN2O4S2. The molecule has 3 aromatic rings. The van der Waals surface area contributed by atoms with Gasteiger partial charge in [0.2, 0.25) is 0 Å². The smallest absolute Gasteiger partial charge is 0.273 e. The van der Waals surface area contributed by atoms with E-state index in [-0.39, 0.29) is 16.7 Å². The minimum Gasteiger partial charge on any atom is -0.484 e. The van der Waals surface area contributed by atoms with Crippen LogP contribution < -0.4 is 14.4 Å². The van der Waals surface area contributed by atoms with E-state index in [9.17, 15) is 13.2 Å². The van der Waals surface area contributed by atoms with E-state index >= 15 is 0 Å². The maximum absolute atomic E-state index is 12.6. The number of sulfonamides is 1. The lowest BCUT2D eigenvalue weighted by Gasteiger charge is -2.18. The van der Waals surface area contributed by atoms with Gasteiger partial charge in [-0.25, -0.2) is 8.42 Å². The molecular weight excluding hydrogens is 476 g/mol. The summed E-state index contributed by atoms with van der Waals surface area (Å²) in [6.45, 7) is 1.78. The number of carbonyl (C=O) groups is 1. The highest BCUT2D eigenvalue weighted by Gasteiger charge is 2.22. The third kappa shape index (κ3) is 5.17. The van der Waals surface area contributed by atoms with Crippen molar-refractivity contribution in [1.29, 1.82) is 0 Å². The molecule has 0 spiro atoms. The highest BCUT2D eigenvalue weighted by atomic mass is 79.9. The van der Waals surface area contributed by atoms with Crippen molar-refractivity contribution in [2.75, 3.05) is 23.3 Å². The van der Waals surface area contributed by atoms with Crippen molar-refractivity contribution < 1.29 is 17.9 Å². The van der Waals surface area contributed by atoms with Crippen molar-refractivity contribution in [2.45, 2.75) is 11.1 Å². The molecule has 0 fully saturated rings. The number of aryl methyl sites for hydroxylation is 1. The number of halogens is 1. The second-order valence-corrected chi connectivity index (χ2v) is 10.2. The van der Waals surface area contributed by atoms with Gasteiger partial charge in [0.1, 0.15) is 9.96 Å². The van der Waals surface area contributed by atoms with E-state index in [0.29, 0.717) is 17.1 Å². The maximum atomic E-state index is 12.6. The standard InChI is InChI=1S/C20H19BrN2O4S2/c1-14-12-15(5-10-18(14)21)22-19(24)13-27-17-8-6-16(7-9-17)23(2)29(25,26)20-4-3-11-28-20/h3-12H,13H2,1-2H3,(H,22,24). The fourth-order valence-corrected chi connectivity index (χ4v) is 5.11. The summed E-state index contributed by atoms with van der Waals surface area (Å²) in [7, 11) is -2.09. The number of hydrogen-bond donors (Lipinski definition) is 1. The highest BCUT2D eigenvalue weighted by Crippen LogP contribution is 2.26. The fourth-order valence-electron chi connectivity index (χ4n) is 2.50. The SMILES string of the molecule is Cc1cc(NC(=O)COc2ccc(N(C)S(=O)(=O)c3cccs3)cc2)ccc1Br. The van der Waals surface area contributed by atoms with Gasteiger partial charge in [0.05, 0.1) is 5.69 Å². The zero-order valence-corrected chi connectivity index (χ0v) is 19.0. The molecule has 9 heteroatoms. The highest BCUT2D eigenvalue weighted by molar-refractivity contribution is 9.10. The first-order chi connectivity index (χ1) is 13.8. The van der Waals surface area contributed by atoms with E-state index in [1.807, 2.05) is 19.1 Å². The Bertz CT molecular complexity index is 1100. The van der Waals surface area contributed by atoms with E-state index < -0.39 is 10.0 Å². The Morgan fingerprint density at radius 3 is 2.52 bits per heavy atom. The van der Waals surface area contributed by atoms with E-state index in [4.69, 9.17) is 4.74 Å². The Balaban J connectivity index is 1.59. The number of carbonyl (C=O) groups excluding carboxylic acids is 1. The van der Waals surface area contributed by atoms with Gasteiger partial charge in [-0.2, -0.15) is 0 Å². The summed E-state index contributed by atoms with van der Waals surface area (Å²) in [5, 5.41) is 4.49. The number of amides is 1. The lowest BCUT2D eigenvalue weighted by Crippen LogP contribution is -2.25. The van der Waals surface area contributed by atoms with E-state index in [1.54, 1.807) is 47.8 Å². The van der Waals surface area contributed by atoms with Crippen molar-refractivity contribution in [3.8, 4) is 5.75 Å². The molecule has 2 aromatic carbocycles. The van der Waals surface area contributed by atoms with Gasteiger partial charge in [0.15, 0.2) is 6.61 Å². The summed E-state index contributed by atoms with van der Waals surface area (Å²) in [6, 6.07) is 15.3. The summed E-state index contributed by atoms with van der Waals surface area (Å²) in [5.41, 5.74) is 2.21. The second kappa shape index (κ2) is 8.98. The molecule has 0 aliphatic rings. The van der Waals surface area contributed by atoms with E-state index in [2.05, 4.69) is 21.2 Å². The van der Waals surface area contributed by atoms with Crippen LogP contribution in [0.5, 0.6) is 5.75 Å². The van der Waals surface area contributed by atoms with Gasteiger partial charge < -0.3 is 10.1 Å². The molecule has 1 N–H and O–H groups in total. The molecule has 29 heavy (non-hydrogen) atoms. The van der Waals surface area contributed by atoms with Crippen molar-refractivity contribution in [3.05, 3.63) is 70.0 Å². The Hall–Kier alpha value is -2.36. The molecule has 152 valence electrons. The molecule has 6 nitrogen and oxygen atoms in total. The predicted octanol–water partition coefficient (Wildman–Crippen LogP) is 4.66. The Morgan fingerprint density at radius 2 is 1.90 bits per heavy atom. The lowest BCUT2D eigenvalue weighted by molar-refractivity contribution is -0.118. The summed E-state index contributed by atoms with van der Waals surface area (Å²) in [4.78, 5) is 12.1. The average Bonchev–Trinajstić information content (AvgIpc) is 3.25. The zero-order valence-electron chi connectivity index (χ0n) is 15.8. The summed E-state index contributed by atoms with van der Waals surface area (Å²) >= 11 is 4.59. The summed E-state index contributed by atoms with van der Waals surface area (Å²) < 4.78 is 33.1. The minimum atomic E-state index is -3.58. The number of anilines is 2. The number of nitrogens with one attached hydrogen (secondary N) is 1. The van der Waals surface area contributed by atoms with Crippen LogP contribution in [0.4, 0.5) is 11.4 Å². The minimum absolute atomic E-state index is 0.155. The van der Waals surface area contributed by atoms with Gasteiger partial charge in [0.25, 0.3) is 15.9 Å². The molecule has 3 rings (SSSR count). The van der Waals surface area contributed by atoms with Crippen LogP contribution in [0.1, 0.15) is 5.56 Å². The predicted molar refractivity (Wildman–Crippen MR) is 119 cm³/mol. The summed E-state index contributed by atoms with van der Waals surface area (Å²) in [5.74, 6) is 0.186. The third-order valence-corrected chi connectivity index (χ3v) is 8.17. The topological polar surface area (TPSA) is 75.7 Å². The molecule has 0 atom stereocenters. The lowest BCUT2D eigenvalue weighted by atomic mass is 10.2. The van der Waals surface area contributed by atoms with E-state index in [1.165, 1.54) is 22.7 Å². The van der Waals surface area contributed by atoms with Crippen LogP contribution in [0.3, 0.4) is 0 Å². The second-order valence-electron chi connectivity index (χ2n) is 6.20. The van der Waals surface area contributed by atoms with Crippen molar-refractivity contribution in [1.82, 2.24) is 0 Å². The number of ether oxygens (including phenoxy) is 1. The van der Waals surface area contributed by atoms with Crippen LogP contribution in [0.2, 0.25) is 0 Å². The Morgan fingerprint density at radius 1 is 1.17 bits per heavy atom. The Labute approximate surface area is 182 Å². The number of nitrogens with zero attached hydrogens (tertiary/aromatic N) is 1. The maximum Gasteiger partial charge on any atom is 0.273 e. The van der Waals surface area contributed by atoms with Gasteiger partial charge >= 0.3 is 0 Å². The average molecular weight is 495 g/mol. The van der Waals surface area contributed by atoms with Gasteiger partial charge in [-0.05, 0) is 66.4 Å². The molecule has 0 saturated heterocycles. The quantitative estimate of drug-likeness (QED) is 0.518. The third-order valence-electron chi connectivity index (χ3n) is 4.12. The molecule has 1 heterocycles. The molecule has 1 amide bonds. The summed E-state index contributed by atoms with van der Waals surface area (Å²) in [6.07, 6.45) is 0. The van der Waals surface area contributed by atoms with Crippen molar-refractivity contribution in [2.24, 2.45) is 0 Å². The first-order valence-electron chi connectivity index (χ1n) is 8.58. The molecule has 0 bridgehead atoms. The fraction of sp³-hybridized carbons (Fsp3) is 0.150. The molecule has 1 aromatic heterocycles. The molecule has 0 aliphatic carbocycles. The number of thiophene rings is 1. The number of hydrogen-bond acceptors (Lipinski definition) is 5. The van der Waals surface area contributed by atoms with Crippen molar-refractivity contribution >= 4 is 54.6 Å². The van der Waals surface area contributed by atoms with Crippen LogP contribution >= 0.6 is 27.3 Å². The molecule has 0 saturated carbocycles. The van der Waals surface area contributed by atoms with Crippen LogP contribution in [0, 0.1) is 6.92 Å². The van der Waals surface area contributed by atoms with Crippen LogP contribution in [-0.4, -0.2) is 28.0 Å². The normalized spacial score (nSPS) is 11.1.